The van der Waals surface area contributed by atoms with Gasteiger partial charge in [0.15, 0.2) is 0 Å². The Bertz CT molecular complexity index is 671. The zero-order valence-corrected chi connectivity index (χ0v) is 15.0. The standard InChI is InChI=1S/C17H19IN2O2/c1-11(2)10-22-15-6-4-5-13(8-15)17(21)20-16-12(3)7-14(18)9-19-16/h4-9,11H,10H2,1-3H3,(H,19,20,21). The van der Waals surface area contributed by atoms with Crippen molar-refractivity contribution in [2.75, 3.05) is 11.9 Å². The first-order valence-electron chi connectivity index (χ1n) is 7.12. The molecule has 0 saturated carbocycles. The highest BCUT2D eigenvalue weighted by molar-refractivity contribution is 14.1. The number of ether oxygens (including phenoxy) is 1. The van der Waals surface area contributed by atoms with Gasteiger partial charge in [0, 0.05) is 15.3 Å². The quantitative estimate of drug-likeness (QED) is 0.749. The van der Waals surface area contributed by atoms with Crippen molar-refractivity contribution in [2.45, 2.75) is 20.8 Å². The van der Waals surface area contributed by atoms with E-state index in [1.54, 1.807) is 18.3 Å². The molecule has 0 atom stereocenters. The van der Waals surface area contributed by atoms with Crippen molar-refractivity contribution in [3.05, 3.63) is 51.2 Å². The number of aryl methyl sites for hydroxylation is 1. The minimum Gasteiger partial charge on any atom is -0.493 e. The van der Waals surface area contributed by atoms with E-state index < -0.39 is 0 Å². The Morgan fingerprint density at radius 2 is 2.14 bits per heavy atom. The molecule has 1 heterocycles. The van der Waals surface area contributed by atoms with E-state index in [4.69, 9.17) is 4.74 Å². The second-order valence-corrected chi connectivity index (χ2v) is 6.75. The van der Waals surface area contributed by atoms with Crippen LogP contribution in [0.5, 0.6) is 5.75 Å². The van der Waals surface area contributed by atoms with Crippen molar-refractivity contribution in [3.8, 4) is 5.75 Å². The van der Waals surface area contributed by atoms with Gasteiger partial charge in [-0.15, -0.1) is 0 Å². The first kappa shape index (κ1) is 16.7. The summed E-state index contributed by atoms with van der Waals surface area (Å²) in [7, 11) is 0. The van der Waals surface area contributed by atoms with Gasteiger partial charge in [0.1, 0.15) is 11.6 Å². The molecule has 4 nitrogen and oxygen atoms in total. The van der Waals surface area contributed by atoms with Gasteiger partial charge in [-0.05, 0) is 65.3 Å². The van der Waals surface area contributed by atoms with Crippen molar-refractivity contribution < 1.29 is 9.53 Å². The highest BCUT2D eigenvalue weighted by Crippen LogP contribution is 2.18. The maximum Gasteiger partial charge on any atom is 0.256 e. The van der Waals surface area contributed by atoms with Gasteiger partial charge in [0.05, 0.1) is 6.61 Å². The lowest BCUT2D eigenvalue weighted by Crippen LogP contribution is -2.14. The fraction of sp³-hybridized carbons (Fsp3) is 0.294. The lowest BCUT2D eigenvalue weighted by atomic mass is 10.2. The van der Waals surface area contributed by atoms with Gasteiger partial charge >= 0.3 is 0 Å². The number of hydrogen-bond donors (Lipinski definition) is 1. The van der Waals surface area contributed by atoms with Gasteiger partial charge in [0.25, 0.3) is 5.91 Å². The summed E-state index contributed by atoms with van der Waals surface area (Å²) in [5.74, 6) is 1.54. The zero-order chi connectivity index (χ0) is 16.1. The molecule has 5 heteroatoms. The number of pyridine rings is 1. The number of aromatic nitrogens is 1. The van der Waals surface area contributed by atoms with E-state index in [9.17, 15) is 4.79 Å². The fourth-order valence-electron chi connectivity index (χ4n) is 1.84. The van der Waals surface area contributed by atoms with Crippen LogP contribution in [0.1, 0.15) is 29.8 Å². The van der Waals surface area contributed by atoms with E-state index in [1.165, 1.54) is 0 Å². The summed E-state index contributed by atoms with van der Waals surface area (Å²) < 4.78 is 6.69. The molecule has 0 saturated heterocycles. The van der Waals surface area contributed by atoms with Crippen LogP contribution in [0.15, 0.2) is 36.5 Å². The van der Waals surface area contributed by atoms with Gasteiger partial charge in [-0.3, -0.25) is 4.79 Å². The Hall–Kier alpha value is -1.63. The van der Waals surface area contributed by atoms with E-state index in [0.717, 1.165) is 9.13 Å². The summed E-state index contributed by atoms with van der Waals surface area (Å²) in [4.78, 5) is 16.6. The third-order valence-corrected chi connectivity index (χ3v) is 3.55. The lowest BCUT2D eigenvalue weighted by Gasteiger charge is -2.11. The maximum absolute atomic E-state index is 12.3. The minimum atomic E-state index is -0.188. The number of anilines is 1. The van der Waals surface area contributed by atoms with Gasteiger partial charge in [-0.1, -0.05) is 19.9 Å². The Labute approximate surface area is 144 Å². The summed E-state index contributed by atoms with van der Waals surface area (Å²) in [6.45, 7) is 6.72. The van der Waals surface area contributed by atoms with Crippen LogP contribution in [0.2, 0.25) is 0 Å². The number of rotatable bonds is 5. The first-order chi connectivity index (χ1) is 10.5. The molecule has 1 amide bonds. The highest BCUT2D eigenvalue weighted by Gasteiger charge is 2.10. The Morgan fingerprint density at radius 1 is 1.36 bits per heavy atom. The molecule has 0 radical (unpaired) electrons. The number of halogens is 1. The third kappa shape index (κ3) is 4.69. The van der Waals surface area contributed by atoms with E-state index in [2.05, 4.69) is 46.7 Å². The zero-order valence-electron chi connectivity index (χ0n) is 12.9. The number of benzene rings is 1. The second-order valence-electron chi connectivity index (χ2n) is 5.51. The predicted molar refractivity (Wildman–Crippen MR) is 96.4 cm³/mol. The lowest BCUT2D eigenvalue weighted by molar-refractivity contribution is 0.102. The van der Waals surface area contributed by atoms with Crippen molar-refractivity contribution in [1.82, 2.24) is 4.98 Å². The van der Waals surface area contributed by atoms with E-state index in [-0.39, 0.29) is 5.91 Å². The number of nitrogens with zero attached hydrogens (tertiary/aromatic N) is 1. The van der Waals surface area contributed by atoms with Gasteiger partial charge in [0.2, 0.25) is 0 Å². The molecule has 2 rings (SSSR count). The number of hydrogen-bond acceptors (Lipinski definition) is 3. The van der Waals surface area contributed by atoms with Crippen LogP contribution < -0.4 is 10.1 Å². The summed E-state index contributed by atoms with van der Waals surface area (Å²) >= 11 is 2.19. The smallest absolute Gasteiger partial charge is 0.256 e. The van der Waals surface area contributed by atoms with E-state index in [1.807, 2.05) is 25.1 Å². The van der Waals surface area contributed by atoms with Crippen LogP contribution in [-0.4, -0.2) is 17.5 Å². The molecule has 1 aromatic carbocycles. The molecule has 1 aromatic heterocycles. The van der Waals surface area contributed by atoms with Crippen molar-refractivity contribution in [3.63, 3.8) is 0 Å². The maximum atomic E-state index is 12.3. The molecule has 1 N–H and O–H groups in total. The first-order valence-corrected chi connectivity index (χ1v) is 8.20. The summed E-state index contributed by atoms with van der Waals surface area (Å²) in [5, 5.41) is 2.84. The number of amides is 1. The largest absolute Gasteiger partial charge is 0.493 e. The van der Waals surface area contributed by atoms with Crippen LogP contribution in [0.3, 0.4) is 0 Å². The van der Waals surface area contributed by atoms with Crippen LogP contribution in [0.4, 0.5) is 5.82 Å². The van der Waals surface area contributed by atoms with Crippen LogP contribution >= 0.6 is 22.6 Å². The van der Waals surface area contributed by atoms with E-state index in [0.29, 0.717) is 29.7 Å². The third-order valence-electron chi connectivity index (χ3n) is 2.96. The molecular formula is C17H19IN2O2. The Morgan fingerprint density at radius 3 is 2.82 bits per heavy atom. The molecular weight excluding hydrogens is 391 g/mol. The molecule has 22 heavy (non-hydrogen) atoms. The second kappa shape index (κ2) is 7.58. The van der Waals surface area contributed by atoms with Crippen molar-refractivity contribution in [2.24, 2.45) is 5.92 Å². The molecule has 2 aromatic rings. The fourth-order valence-corrected chi connectivity index (χ4v) is 2.45. The van der Waals surface area contributed by atoms with Gasteiger partial charge < -0.3 is 10.1 Å². The van der Waals surface area contributed by atoms with Crippen LogP contribution in [-0.2, 0) is 0 Å². The molecule has 0 aliphatic heterocycles. The summed E-state index contributed by atoms with van der Waals surface area (Å²) in [6, 6.07) is 9.16. The summed E-state index contributed by atoms with van der Waals surface area (Å²) in [5.41, 5.74) is 1.49. The van der Waals surface area contributed by atoms with Crippen LogP contribution in [0, 0.1) is 16.4 Å². The molecule has 0 aliphatic carbocycles. The predicted octanol–water partition coefficient (Wildman–Crippen LogP) is 4.28. The average molecular weight is 410 g/mol. The molecule has 0 bridgehead atoms. The molecule has 0 unspecified atom stereocenters. The normalized spacial score (nSPS) is 10.6. The Balaban J connectivity index is 2.10. The van der Waals surface area contributed by atoms with Crippen molar-refractivity contribution in [1.29, 1.82) is 0 Å². The molecule has 0 fully saturated rings. The molecule has 116 valence electrons. The highest BCUT2D eigenvalue weighted by atomic mass is 127. The topological polar surface area (TPSA) is 51.2 Å². The monoisotopic (exact) mass is 410 g/mol. The van der Waals surface area contributed by atoms with Crippen molar-refractivity contribution >= 4 is 34.3 Å². The van der Waals surface area contributed by atoms with Gasteiger partial charge in [-0.25, -0.2) is 4.98 Å². The van der Waals surface area contributed by atoms with E-state index >= 15 is 0 Å². The average Bonchev–Trinajstić information content (AvgIpc) is 2.48. The number of nitrogens with one attached hydrogen (secondary N) is 1. The molecule has 0 aliphatic rings. The van der Waals surface area contributed by atoms with Gasteiger partial charge in [-0.2, -0.15) is 0 Å². The minimum absolute atomic E-state index is 0.188. The number of carbonyl (C=O) groups excluding carboxylic acids is 1. The number of carbonyl (C=O) groups is 1. The summed E-state index contributed by atoms with van der Waals surface area (Å²) in [6.07, 6.45) is 1.73. The Kier molecular flexibility index (Phi) is 5.76. The SMILES string of the molecule is Cc1cc(I)cnc1NC(=O)c1cccc(OCC(C)C)c1. The van der Waals surface area contributed by atoms with Crippen LogP contribution in [0.25, 0.3) is 0 Å². The molecule has 0 spiro atoms.